The number of hydrogen-bond donors (Lipinski definition) is 54. The molecule has 4 aliphatic heterocycles. The molecule has 149 heavy (non-hydrogen) atoms. The van der Waals surface area contributed by atoms with Crippen molar-refractivity contribution in [2.45, 2.75) is 202 Å². The lowest BCUT2D eigenvalue weighted by molar-refractivity contribution is -0.499. The predicted octanol–water partition coefficient (Wildman–Crippen LogP) is -19.1. The third kappa shape index (κ3) is 21.3. The zero-order chi connectivity index (χ0) is 113. The van der Waals surface area contributed by atoms with Gasteiger partial charge in [0.15, 0.2) is 69.3 Å². The molecule has 0 saturated carbocycles. The number of aliphatic hydroxyl groups is 33. The highest BCUT2D eigenvalue weighted by Gasteiger charge is 2.84. The maximum atomic E-state index is 15.3. The maximum Gasteiger partial charge on any atom is 0.386 e. The number of ketones is 2. The molecule has 6 aromatic rings. The lowest BCUT2D eigenvalue weighted by atomic mass is 9.75. The van der Waals surface area contributed by atoms with Crippen LogP contribution in [0.5, 0.6) is 115 Å². The van der Waals surface area contributed by atoms with E-state index in [0.717, 1.165) is 10.6 Å². The van der Waals surface area contributed by atoms with Crippen molar-refractivity contribution in [2.75, 3.05) is 19.7 Å². The lowest BCUT2D eigenvalue weighted by Crippen LogP contribution is -2.87. The first kappa shape index (κ1) is 118. The number of benzene rings is 6. The van der Waals surface area contributed by atoms with Gasteiger partial charge in [-0.05, 0) is 62.6 Å². The SMILES string of the molecule is Cc1cccc(C)c1OC(O)(O)C(=O)CC(Cc1ccccc1)C(O)CC(NC(=O)C1(N2CCCNC2=O)OC1OC(C(C)(O)O)C(N)(O)O)C(O)(O)c1c(O)c(O)c(OOc2c(O)c(O)c(C(O)(O)O)c(OCC(=O)CC(O)(C(O)CC(NC(=O)C3(N4C(=O)NC(O)(O)C(O)(O)C4(O)O)OC3OC(C(O)(O)O)C(O)(O)O)C(O)(O)c3c(O)c(O)c(O)c(O)c3O)C(O)(O)c3c(O)c(O)c(O)c(O)c3O)c2C(O)(O)O)c(O)c1O. The van der Waals surface area contributed by atoms with Crippen LogP contribution in [0.2, 0.25) is 0 Å². The number of carbonyl (C=O) groups excluding carboxylic acids is 6. The van der Waals surface area contributed by atoms with Crippen LogP contribution in [-0.4, -0.2) is 429 Å². The van der Waals surface area contributed by atoms with Gasteiger partial charge in [0.05, 0.1) is 24.3 Å². The van der Waals surface area contributed by atoms with Gasteiger partial charge in [0, 0.05) is 32.4 Å². The Morgan fingerprint density at radius 3 is 1.37 bits per heavy atom. The molecule has 4 heterocycles. The van der Waals surface area contributed by atoms with E-state index in [1.165, 1.54) is 62.4 Å². The molecule has 4 fully saturated rings. The Morgan fingerprint density at radius 1 is 0.497 bits per heavy atom. The van der Waals surface area contributed by atoms with Gasteiger partial charge in [-0.2, -0.15) is 0 Å². The minimum Gasteiger partial charge on any atom is -0.504 e. The first-order valence-corrected chi connectivity index (χ1v) is 41.5. The molecule has 0 aromatic heterocycles. The third-order valence-corrected chi connectivity index (χ3v) is 23.7. The number of carbonyl (C=O) groups is 6. The molecule has 55 N–H and O–H groups in total. The lowest BCUT2D eigenvalue weighted by Gasteiger charge is -2.52. The van der Waals surface area contributed by atoms with Gasteiger partial charge < -0.3 is 295 Å². The maximum absolute atomic E-state index is 15.3. The largest absolute Gasteiger partial charge is 0.504 e. The van der Waals surface area contributed by atoms with Gasteiger partial charge in [0.1, 0.15) is 40.2 Å². The Balaban J connectivity index is 1.09. The normalized spacial score (nSPS) is 20.5. The van der Waals surface area contributed by atoms with Crippen LogP contribution in [0.4, 0.5) is 9.59 Å². The Kier molecular flexibility index (Phi) is 31.2. The highest BCUT2D eigenvalue weighted by Crippen LogP contribution is 2.62. The van der Waals surface area contributed by atoms with Crippen LogP contribution in [0.3, 0.4) is 0 Å². The molecule has 0 spiro atoms. The number of phenols is 16. The molecule has 4 saturated heterocycles. The van der Waals surface area contributed by atoms with Crippen molar-refractivity contribution in [2.24, 2.45) is 11.7 Å². The molecule has 0 aliphatic carbocycles. The van der Waals surface area contributed by atoms with Crippen LogP contribution >= 0.6 is 0 Å². The van der Waals surface area contributed by atoms with E-state index < -0.39 is 371 Å². The molecule has 6 amide bonds. The van der Waals surface area contributed by atoms with Crippen LogP contribution in [0.25, 0.3) is 0 Å². The molecular formula is C79H99N7O63. The van der Waals surface area contributed by atoms with Crippen molar-refractivity contribution in [1.82, 2.24) is 31.1 Å². The van der Waals surface area contributed by atoms with Crippen molar-refractivity contribution in [3.63, 3.8) is 0 Å². The molecule has 0 radical (unpaired) electrons. The van der Waals surface area contributed by atoms with Crippen molar-refractivity contribution >= 4 is 35.4 Å². The zero-order valence-corrected chi connectivity index (χ0v) is 75.3. The first-order valence-electron chi connectivity index (χ1n) is 41.5. The van der Waals surface area contributed by atoms with Gasteiger partial charge in [-0.3, -0.25) is 44.9 Å². The van der Waals surface area contributed by atoms with Crippen LogP contribution in [0.1, 0.15) is 83.5 Å². The molecular weight excluding hydrogens is 2050 g/mol. The van der Waals surface area contributed by atoms with Crippen LogP contribution in [0.15, 0.2) is 48.5 Å². The van der Waals surface area contributed by atoms with E-state index in [1.54, 1.807) is 0 Å². The van der Waals surface area contributed by atoms with E-state index >= 15 is 9.59 Å². The standard InChI is InChI=1S/C79H99N7O63/c1-21-9-7-10-22(2)52(21)145-76(134,135)30(90)16-24(15-23-11-5-4-6-12-23)26(88)17-27(82-58(107)66(85-14-8-13-81-62(85)109)60(146-66)143-56(64(3,111)112)71(80,120)121)68(114,115)32-38(93)50(105)55(51(106)39(32)94)149-148-54-35(73(125,126)127)53(34(72(122,123)124)42(97)49(54)104)142-20-25(87)19-65(113,70(118,119)33-40(95)45(100)48(103)46(101)41(33)96)29(89)18-28(69(116,117)31-36(91)43(98)47(102)44(99)37(31)92)83-59(108)67(61(147-67)144-57(74(128,129)130)75(131,132)133)86-63(110)84-78(138,139)77(136,137)79(86,140)141/h4-7,9-12,24,26-29,56-57,60-61,88-89,91-106,111-141H,8,13-20,80H2,1-3H3,(H,81,109)(H,82,107)(H,83,108)(H,84,110). The molecule has 6 aromatic carbocycles. The van der Waals surface area contributed by atoms with E-state index in [1.807, 2.05) is 5.32 Å². The summed E-state index contributed by atoms with van der Waals surface area (Å²) in [5.74, 6) is -120. The van der Waals surface area contributed by atoms with E-state index in [-0.39, 0.29) is 35.4 Å². The van der Waals surface area contributed by atoms with Gasteiger partial charge in [-0.25, -0.2) is 14.5 Å². The minimum absolute atomic E-state index is 0.137. The summed E-state index contributed by atoms with van der Waals surface area (Å²) in [5.41, 5.74) is -19.9. The van der Waals surface area contributed by atoms with E-state index in [0.29, 0.717) is 11.8 Å². The van der Waals surface area contributed by atoms with Crippen molar-refractivity contribution in [3.8, 4) is 115 Å². The number of urea groups is 2. The van der Waals surface area contributed by atoms with Crippen LogP contribution < -0.4 is 46.2 Å². The molecule has 4 aliphatic rings. The van der Waals surface area contributed by atoms with E-state index in [9.17, 15) is 269 Å². The Bertz CT molecular complexity index is 6000. The van der Waals surface area contributed by atoms with Gasteiger partial charge in [-0.1, -0.05) is 48.5 Å². The van der Waals surface area contributed by atoms with Crippen molar-refractivity contribution in [1.29, 1.82) is 0 Å². The summed E-state index contributed by atoms with van der Waals surface area (Å²) < 4.78 is 30.5. The number of nitrogens with zero attached hydrogens (tertiary/aromatic N) is 2. The number of aryl methyl sites for hydroxylation is 2. The van der Waals surface area contributed by atoms with Gasteiger partial charge in [-0.15, -0.1) is 0 Å². The summed E-state index contributed by atoms with van der Waals surface area (Å²) in [5, 5.41) is 550. The highest BCUT2D eigenvalue weighted by molar-refractivity contribution is 5.95. The monoisotopic (exact) mass is 2150 g/mol. The molecule has 70 nitrogen and oxygen atoms in total. The number of nitrogens with two attached hydrogens (primary N) is 1. The van der Waals surface area contributed by atoms with Crippen molar-refractivity contribution < 1.29 is 317 Å². The number of rotatable bonds is 43. The fourth-order valence-corrected chi connectivity index (χ4v) is 16.0. The number of amides is 6. The molecule has 0 bridgehead atoms. The number of nitrogens with one attached hydrogen (secondary N) is 4. The molecule has 70 heteroatoms. The second-order valence-electron chi connectivity index (χ2n) is 34.6. The zero-order valence-electron chi connectivity index (χ0n) is 75.3. The molecule has 11 atom stereocenters. The van der Waals surface area contributed by atoms with Crippen LogP contribution in [-0.2, 0) is 73.9 Å². The number of Topliss-reactive ketones (excluding diaryl/α,β-unsaturated/α-hetero) is 2. The number of phenolic OH excluding ortho intramolecular Hbond substituents is 16. The molecule has 11 unspecified atom stereocenters. The second-order valence-corrected chi connectivity index (χ2v) is 34.6. The first-order chi connectivity index (χ1) is 67.6. The Hall–Kier alpha value is -13.4. The second kappa shape index (κ2) is 39.5. The Labute approximate surface area is 822 Å². The summed E-state index contributed by atoms with van der Waals surface area (Å²) in [6.45, 7) is -0.263. The van der Waals surface area contributed by atoms with Crippen molar-refractivity contribution in [3.05, 3.63) is 93.0 Å². The number of para-hydroxylation sites is 1. The summed E-state index contributed by atoms with van der Waals surface area (Å²) in [6, 6.07) is -0.217. The van der Waals surface area contributed by atoms with Gasteiger partial charge in [0.2, 0.25) is 99.3 Å². The highest BCUT2D eigenvalue weighted by atomic mass is 17.2. The average Bonchev–Trinajstić information content (AvgIpc) is 1.52. The van der Waals surface area contributed by atoms with E-state index in [4.69, 9.17) is 39.2 Å². The summed E-state index contributed by atoms with van der Waals surface area (Å²) in [4.78, 5) is 95.5. The number of aromatic hydroxyl groups is 16. The summed E-state index contributed by atoms with van der Waals surface area (Å²) in [6.07, 6.45) is -29.8. The van der Waals surface area contributed by atoms with Gasteiger partial charge in [0.25, 0.3) is 34.9 Å². The Morgan fingerprint density at radius 2 is 0.913 bits per heavy atom. The summed E-state index contributed by atoms with van der Waals surface area (Å²) >= 11 is 0. The fourth-order valence-electron chi connectivity index (χ4n) is 16.0. The van der Waals surface area contributed by atoms with Crippen LogP contribution in [0, 0.1) is 19.8 Å². The predicted molar refractivity (Wildman–Crippen MR) is 445 cm³/mol. The third-order valence-electron chi connectivity index (χ3n) is 23.7. The average molecular weight is 2150 g/mol. The number of epoxide rings is 2. The minimum atomic E-state index is -5.54. The number of ether oxygens (including phenoxy) is 6. The quantitative estimate of drug-likeness (QED) is 0.00422. The fraction of sp³-hybridized carbons (Fsp3) is 0.468. The number of aliphatic hydroxyl groups excluding tert-OH is 2. The van der Waals surface area contributed by atoms with E-state index in [2.05, 4.69) is 10.1 Å². The van der Waals surface area contributed by atoms with Gasteiger partial charge >= 0.3 is 59.5 Å². The summed E-state index contributed by atoms with van der Waals surface area (Å²) in [7, 11) is 0. The topological polar surface area (TPSA) is 1250 Å². The number of hydrogen-bond acceptors (Lipinski definition) is 64. The molecule has 10 rings (SSSR count). The smallest absolute Gasteiger partial charge is 0.386 e. The molecule has 828 valence electrons.